The lowest BCUT2D eigenvalue weighted by Crippen LogP contribution is -2.31. The number of nitrogens with zero attached hydrogens (tertiary/aromatic N) is 6. The number of halogens is 1. The van der Waals surface area contributed by atoms with E-state index in [0.717, 1.165) is 5.82 Å². The Morgan fingerprint density at radius 3 is 2.67 bits per heavy atom. The van der Waals surface area contributed by atoms with Crippen LogP contribution in [0.5, 0.6) is 0 Å². The summed E-state index contributed by atoms with van der Waals surface area (Å²) >= 11 is 0. The molecule has 0 atom stereocenters. The second-order valence-electron chi connectivity index (χ2n) is 8.10. The van der Waals surface area contributed by atoms with Crippen LogP contribution in [0.2, 0.25) is 0 Å². The lowest BCUT2D eigenvalue weighted by Gasteiger charge is -2.15. The van der Waals surface area contributed by atoms with Crippen molar-refractivity contribution in [2.75, 3.05) is 32.5 Å². The minimum atomic E-state index is -0.662. The number of carbonyl (C=O) groups excluding carboxylic acids is 1. The maximum absolute atomic E-state index is 14.6. The molecule has 0 saturated carbocycles. The second-order valence-corrected chi connectivity index (χ2v) is 8.10. The van der Waals surface area contributed by atoms with Crippen LogP contribution >= 0.6 is 0 Å². The average molecular weight is 451 g/mol. The Morgan fingerprint density at radius 2 is 2.03 bits per heavy atom. The van der Waals surface area contributed by atoms with E-state index < -0.39 is 11.7 Å². The molecule has 2 aromatic heterocycles. The lowest BCUT2D eigenvalue weighted by molar-refractivity contribution is 0.0947. The van der Waals surface area contributed by atoms with Gasteiger partial charge in [-0.15, -0.1) is 0 Å². The number of anilines is 2. The molecule has 1 amide bonds. The van der Waals surface area contributed by atoms with Gasteiger partial charge in [0.15, 0.2) is 0 Å². The number of imidazole rings is 1. The molecule has 0 saturated heterocycles. The monoisotopic (exact) mass is 450 g/mol. The molecule has 0 bridgehead atoms. The molecule has 1 aromatic carbocycles. The van der Waals surface area contributed by atoms with E-state index in [1.54, 1.807) is 12.3 Å². The highest BCUT2D eigenvalue weighted by atomic mass is 19.1. The molecule has 2 N–H and O–H groups in total. The van der Waals surface area contributed by atoms with Crippen molar-refractivity contribution in [2.45, 2.75) is 26.8 Å². The van der Waals surface area contributed by atoms with Crippen molar-refractivity contribution in [1.29, 1.82) is 5.26 Å². The van der Waals surface area contributed by atoms with Crippen LogP contribution in [0.1, 0.15) is 41.6 Å². The molecular weight excluding hydrogens is 423 g/mol. The van der Waals surface area contributed by atoms with Crippen molar-refractivity contribution in [2.24, 2.45) is 0 Å². The van der Waals surface area contributed by atoms with Gasteiger partial charge in [0.25, 0.3) is 5.91 Å². The number of carbonyl (C=O) groups is 1. The fourth-order valence-corrected chi connectivity index (χ4v) is 3.39. The van der Waals surface area contributed by atoms with Crippen LogP contribution in [0.25, 0.3) is 11.4 Å². The maximum atomic E-state index is 14.6. The number of aromatic nitrogens is 4. The number of likely N-dealkylation sites (N-methyl/N-ethyl adjacent to an activating group) is 1. The summed E-state index contributed by atoms with van der Waals surface area (Å²) in [5.41, 5.74) is 1.76. The van der Waals surface area contributed by atoms with Gasteiger partial charge in [0.2, 0.25) is 5.95 Å². The Hall–Kier alpha value is -3.84. The van der Waals surface area contributed by atoms with Crippen molar-refractivity contribution in [3.63, 3.8) is 0 Å². The first-order valence-corrected chi connectivity index (χ1v) is 10.5. The second kappa shape index (κ2) is 10.2. The van der Waals surface area contributed by atoms with Crippen molar-refractivity contribution in [1.82, 2.24) is 29.7 Å². The molecule has 0 fully saturated rings. The Kier molecular flexibility index (Phi) is 7.35. The lowest BCUT2D eigenvalue weighted by atomic mass is 10.1. The van der Waals surface area contributed by atoms with Gasteiger partial charge in [-0.25, -0.2) is 19.3 Å². The molecule has 0 aliphatic heterocycles. The number of nitriles is 1. The molecule has 2 heterocycles. The first kappa shape index (κ1) is 23.8. The largest absolute Gasteiger partial charge is 0.351 e. The summed E-state index contributed by atoms with van der Waals surface area (Å²) in [5.74, 6) is -0.140. The Bertz CT molecular complexity index is 1200. The molecule has 3 rings (SSSR count). The van der Waals surface area contributed by atoms with Crippen LogP contribution in [0, 0.1) is 24.1 Å². The van der Waals surface area contributed by atoms with E-state index >= 15 is 0 Å². The van der Waals surface area contributed by atoms with Gasteiger partial charge in [-0.1, -0.05) is 0 Å². The van der Waals surface area contributed by atoms with Gasteiger partial charge in [0.05, 0.1) is 29.2 Å². The first-order valence-electron chi connectivity index (χ1n) is 10.5. The molecular formula is C23H27FN8O. The molecule has 0 radical (unpaired) electrons. The van der Waals surface area contributed by atoms with E-state index in [4.69, 9.17) is 0 Å². The summed E-state index contributed by atoms with van der Waals surface area (Å²) in [4.78, 5) is 27.2. The Balaban J connectivity index is 1.85. The molecule has 33 heavy (non-hydrogen) atoms. The van der Waals surface area contributed by atoms with Crippen molar-refractivity contribution >= 4 is 17.5 Å². The Morgan fingerprint density at radius 1 is 1.27 bits per heavy atom. The third-order valence-electron chi connectivity index (χ3n) is 4.96. The Labute approximate surface area is 192 Å². The van der Waals surface area contributed by atoms with E-state index in [-0.39, 0.29) is 17.6 Å². The summed E-state index contributed by atoms with van der Waals surface area (Å²) in [5, 5.41) is 15.2. The minimum absolute atomic E-state index is 0.0444. The zero-order chi connectivity index (χ0) is 24.1. The first-order chi connectivity index (χ1) is 15.7. The highest BCUT2D eigenvalue weighted by Gasteiger charge is 2.18. The molecule has 9 nitrogen and oxygen atoms in total. The van der Waals surface area contributed by atoms with Gasteiger partial charge in [-0.05, 0) is 53.1 Å². The maximum Gasteiger partial charge on any atom is 0.254 e. The SMILES string of the molecule is Cc1ncc(-c2nc(Nc3ccc(C(=O)NCCN(C)C)c(F)c3)ncc2C#N)n1C(C)C. The fraction of sp³-hybridized carbons (Fsp3) is 0.348. The molecule has 0 unspecified atom stereocenters. The van der Waals surface area contributed by atoms with E-state index in [1.165, 1.54) is 18.3 Å². The average Bonchev–Trinajstić information content (AvgIpc) is 3.15. The highest BCUT2D eigenvalue weighted by Crippen LogP contribution is 2.27. The molecule has 172 valence electrons. The van der Waals surface area contributed by atoms with Gasteiger partial charge in [-0.3, -0.25) is 4.79 Å². The standard InChI is InChI=1S/C23H27FN8O/c1-14(2)32-15(3)27-13-20(32)21-16(11-25)12-28-23(30-21)29-17-6-7-18(19(24)10-17)22(33)26-8-9-31(4)5/h6-7,10,12-14H,8-9H2,1-5H3,(H,26,33)(H,28,29,30). The van der Waals surface area contributed by atoms with Crippen LogP contribution in [-0.2, 0) is 0 Å². The normalized spacial score (nSPS) is 11.0. The van der Waals surface area contributed by atoms with Crippen LogP contribution in [0.4, 0.5) is 16.0 Å². The zero-order valence-electron chi connectivity index (χ0n) is 19.3. The van der Waals surface area contributed by atoms with E-state index in [2.05, 4.69) is 31.7 Å². The van der Waals surface area contributed by atoms with Gasteiger partial charge in [0, 0.05) is 24.8 Å². The molecule has 0 aliphatic carbocycles. The predicted molar refractivity (Wildman–Crippen MR) is 124 cm³/mol. The van der Waals surface area contributed by atoms with E-state index in [9.17, 15) is 14.4 Å². The van der Waals surface area contributed by atoms with Gasteiger partial charge < -0.3 is 20.1 Å². The van der Waals surface area contributed by atoms with Gasteiger partial charge >= 0.3 is 0 Å². The predicted octanol–water partition coefficient (Wildman–Crippen LogP) is 3.28. The third-order valence-corrected chi connectivity index (χ3v) is 4.96. The van der Waals surface area contributed by atoms with Crippen molar-refractivity contribution in [3.8, 4) is 17.5 Å². The zero-order valence-corrected chi connectivity index (χ0v) is 19.3. The number of hydrogen-bond acceptors (Lipinski definition) is 7. The number of nitrogens with one attached hydrogen (secondary N) is 2. The third kappa shape index (κ3) is 5.51. The van der Waals surface area contributed by atoms with Crippen molar-refractivity contribution in [3.05, 3.63) is 53.4 Å². The van der Waals surface area contributed by atoms with Crippen LogP contribution in [-0.4, -0.2) is 57.5 Å². The minimum Gasteiger partial charge on any atom is -0.351 e. The van der Waals surface area contributed by atoms with Crippen LogP contribution in [0.15, 0.2) is 30.6 Å². The van der Waals surface area contributed by atoms with Crippen LogP contribution in [0.3, 0.4) is 0 Å². The van der Waals surface area contributed by atoms with E-state index in [1.807, 2.05) is 44.3 Å². The fourth-order valence-electron chi connectivity index (χ4n) is 3.39. The number of hydrogen-bond donors (Lipinski definition) is 2. The number of amides is 1. The van der Waals surface area contributed by atoms with Crippen LogP contribution < -0.4 is 10.6 Å². The molecule has 10 heteroatoms. The summed E-state index contributed by atoms with van der Waals surface area (Å²) in [6, 6.07) is 6.43. The number of aryl methyl sites for hydroxylation is 1. The summed E-state index contributed by atoms with van der Waals surface area (Å²) in [6.07, 6.45) is 3.09. The van der Waals surface area contributed by atoms with E-state index in [0.29, 0.717) is 35.7 Å². The summed E-state index contributed by atoms with van der Waals surface area (Å²) < 4.78 is 16.6. The van der Waals surface area contributed by atoms with Gasteiger partial charge in [0.1, 0.15) is 23.4 Å². The van der Waals surface area contributed by atoms with Gasteiger partial charge in [-0.2, -0.15) is 5.26 Å². The number of rotatable bonds is 8. The smallest absolute Gasteiger partial charge is 0.254 e. The summed E-state index contributed by atoms with van der Waals surface area (Å²) in [7, 11) is 3.78. The topological polar surface area (TPSA) is 112 Å². The quantitative estimate of drug-likeness (QED) is 0.542. The molecule has 0 spiro atoms. The number of benzene rings is 1. The highest BCUT2D eigenvalue weighted by molar-refractivity contribution is 5.94. The van der Waals surface area contributed by atoms with Crippen molar-refractivity contribution < 1.29 is 9.18 Å². The summed E-state index contributed by atoms with van der Waals surface area (Å²) in [6.45, 7) is 6.99. The molecule has 0 aliphatic rings. The molecule has 3 aromatic rings.